The molecule has 5 heteroatoms. The van der Waals surface area contributed by atoms with Gasteiger partial charge in [-0.15, -0.1) is 0 Å². The molecule has 4 rings (SSSR count). The summed E-state index contributed by atoms with van der Waals surface area (Å²) in [6.45, 7) is 3.29. The minimum atomic E-state index is 0.372. The first kappa shape index (κ1) is 17.1. The van der Waals surface area contributed by atoms with Gasteiger partial charge < -0.3 is 9.64 Å². The fourth-order valence-corrected chi connectivity index (χ4v) is 4.95. The highest BCUT2D eigenvalue weighted by Gasteiger charge is 2.30. The quantitative estimate of drug-likeness (QED) is 0.842. The van der Waals surface area contributed by atoms with Gasteiger partial charge in [-0.25, -0.2) is 0 Å². The molecular formula is C20H31N3O2. The Hall–Kier alpha value is -1.36. The standard InChI is InChI=1S/C20H31N3O2/c1-22-18-10-13-25-14-17(18)20(21-22)16-8-11-23(12-9-16)19(24)7-6-15-4-2-3-5-15/h15-16H,2-14H2,1H3. The first-order chi connectivity index (χ1) is 12.2. The van der Waals surface area contributed by atoms with E-state index in [1.807, 2.05) is 4.68 Å². The number of piperidine rings is 1. The Bertz CT molecular complexity index is 611. The Kier molecular flexibility index (Phi) is 5.11. The molecule has 3 aliphatic rings. The molecule has 0 spiro atoms. The van der Waals surface area contributed by atoms with E-state index >= 15 is 0 Å². The van der Waals surface area contributed by atoms with Gasteiger partial charge in [0.05, 0.1) is 18.9 Å². The SMILES string of the molecule is Cn1nc(C2CCN(C(=O)CCC3CCCC3)CC2)c2c1CCOC2. The number of aryl methyl sites for hydroxylation is 1. The Labute approximate surface area is 150 Å². The molecule has 1 aliphatic carbocycles. The van der Waals surface area contributed by atoms with Gasteiger partial charge in [-0.05, 0) is 25.2 Å². The summed E-state index contributed by atoms with van der Waals surface area (Å²) in [4.78, 5) is 14.6. The largest absolute Gasteiger partial charge is 0.376 e. The topological polar surface area (TPSA) is 47.4 Å². The van der Waals surface area contributed by atoms with E-state index in [2.05, 4.69) is 11.9 Å². The van der Waals surface area contributed by atoms with Crippen molar-refractivity contribution >= 4 is 5.91 Å². The van der Waals surface area contributed by atoms with Crippen molar-refractivity contribution in [2.75, 3.05) is 19.7 Å². The summed E-state index contributed by atoms with van der Waals surface area (Å²) in [5.41, 5.74) is 3.89. The Balaban J connectivity index is 1.31. The van der Waals surface area contributed by atoms with Crippen LogP contribution in [-0.2, 0) is 29.6 Å². The highest BCUT2D eigenvalue weighted by molar-refractivity contribution is 5.76. The van der Waals surface area contributed by atoms with Crippen LogP contribution in [0.1, 0.15) is 74.2 Å². The zero-order chi connectivity index (χ0) is 17.2. The van der Waals surface area contributed by atoms with E-state index in [1.165, 1.54) is 42.6 Å². The maximum atomic E-state index is 12.5. The van der Waals surface area contributed by atoms with Gasteiger partial charge in [0.15, 0.2) is 0 Å². The molecule has 0 aromatic carbocycles. The first-order valence-electron chi connectivity index (χ1n) is 10.1. The van der Waals surface area contributed by atoms with E-state index in [1.54, 1.807) is 0 Å². The third-order valence-corrected chi connectivity index (χ3v) is 6.51. The number of likely N-dealkylation sites (tertiary alicyclic amines) is 1. The van der Waals surface area contributed by atoms with Crippen molar-refractivity contribution < 1.29 is 9.53 Å². The summed E-state index contributed by atoms with van der Waals surface area (Å²) in [5, 5.41) is 4.81. The maximum absolute atomic E-state index is 12.5. The molecule has 2 aliphatic heterocycles. The van der Waals surface area contributed by atoms with Crippen LogP contribution in [0.25, 0.3) is 0 Å². The van der Waals surface area contributed by atoms with Gasteiger partial charge in [0.25, 0.3) is 0 Å². The lowest BCUT2D eigenvalue weighted by Crippen LogP contribution is -2.38. The molecule has 1 aromatic rings. The van der Waals surface area contributed by atoms with Gasteiger partial charge in [0, 0.05) is 50.2 Å². The summed E-state index contributed by atoms with van der Waals surface area (Å²) in [5.74, 6) is 1.66. The van der Waals surface area contributed by atoms with Crippen molar-refractivity contribution in [1.82, 2.24) is 14.7 Å². The molecule has 0 atom stereocenters. The van der Waals surface area contributed by atoms with Crippen molar-refractivity contribution in [3.63, 3.8) is 0 Å². The Morgan fingerprint density at radius 1 is 1.20 bits per heavy atom. The van der Waals surface area contributed by atoms with E-state index in [9.17, 15) is 4.79 Å². The summed E-state index contributed by atoms with van der Waals surface area (Å²) in [7, 11) is 2.05. The third-order valence-electron chi connectivity index (χ3n) is 6.51. The average Bonchev–Trinajstić information content (AvgIpc) is 3.28. The molecule has 1 amide bonds. The molecule has 1 aromatic heterocycles. The van der Waals surface area contributed by atoms with Crippen molar-refractivity contribution in [2.24, 2.45) is 13.0 Å². The van der Waals surface area contributed by atoms with Crippen LogP contribution in [0.5, 0.6) is 0 Å². The van der Waals surface area contributed by atoms with Gasteiger partial charge in [-0.2, -0.15) is 5.10 Å². The highest BCUT2D eigenvalue weighted by Crippen LogP contribution is 2.33. The van der Waals surface area contributed by atoms with Gasteiger partial charge in [0.2, 0.25) is 5.91 Å². The van der Waals surface area contributed by atoms with Gasteiger partial charge in [0.1, 0.15) is 0 Å². The van der Waals surface area contributed by atoms with Crippen LogP contribution < -0.4 is 0 Å². The number of rotatable bonds is 4. The third kappa shape index (κ3) is 3.62. The van der Waals surface area contributed by atoms with Crippen LogP contribution in [0.3, 0.4) is 0 Å². The van der Waals surface area contributed by atoms with Crippen molar-refractivity contribution in [1.29, 1.82) is 0 Å². The lowest BCUT2D eigenvalue weighted by Gasteiger charge is -2.32. The number of carbonyl (C=O) groups excluding carboxylic acids is 1. The zero-order valence-corrected chi connectivity index (χ0v) is 15.5. The molecular weight excluding hydrogens is 314 g/mol. The maximum Gasteiger partial charge on any atom is 0.222 e. The van der Waals surface area contributed by atoms with Crippen molar-refractivity contribution in [3.05, 3.63) is 17.0 Å². The van der Waals surface area contributed by atoms with Crippen molar-refractivity contribution in [2.45, 2.75) is 70.3 Å². The van der Waals surface area contributed by atoms with E-state index < -0.39 is 0 Å². The molecule has 25 heavy (non-hydrogen) atoms. The van der Waals surface area contributed by atoms with Gasteiger partial charge >= 0.3 is 0 Å². The molecule has 0 radical (unpaired) electrons. The van der Waals surface area contributed by atoms with Crippen molar-refractivity contribution in [3.8, 4) is 0 Å². The van der Waals surface area contributed by atoms with E-state index in [4.69, 9.17) is 9.84 Å². The van der Waals surface area contributed by atoms with Gasteiger partial charge in [-0.3, -0.25) is 9.48 Å². The minimum Gasteiger partial charge on any atom is -0.376 e. The zero-order valence-electron chi connectivity index (χ0n) is 15.5. The summed E-state index contributed by atoms with van der Waals surface area (Å²) in [6, 6.07) is 0. The van der Waals surface area contributed by atoms with Gasteiger partial charge in [-0.1, -0.05) is 25.7 Å². The van der Waals surface area contributed by atoms with Crippen LogP contribution >= 0.6 is 0 Å². The summed E-state index contributed by atoms with van der Waals surface area (Å²) >= 11 is 0. The van der Waals surface area contributed by atoms with Crippen LogP contribution in [0.4, 0.5) is 0 Å². The monoisotopic (exact) mass is 345 g/mol. The average molecular weight is 345 g/mol. The summed E-state index contributed by atoms with van der Waals surface area (Å²) in [6.07, 6.45) is 10.3. The van der Waals surface area contributed by atoms with E-state index in [0.29, 0.717) is 18.4 Å². The second-order valence-corrected chi connectivity index (χ2v) is 8.08. The fourth-order valence-electron chi connectivity index (χ4n) is 4.95. The minimum absolute atomic E-state index is 0.372. The smallest absolute Gasteiger partial charge is 0.222 e. The van der Waals surface area contributed by atoms with Crippen LogP contribution in [0.2, 0.25) is 0 Å². The predicted molar refractivity (Wildman–Crippen MR) is 96.3 cm³/mol. The molecule has 0 N–H and O–H groups in total. The first-order valence-corrected chi connectivity index (χ1v) is 10.1. The van der Waals surface area contributed by atoms with E-state index in [-0.39, 0.29) is 0 Å². The number of ether oxygens (including phenoxy) is 1. The number of fused-ring (bicyclic) bond motifs is 1. The second-order valence-electron chi connectivity index (χ2n) is 8.08. The molecule has 5 nitrogen and oxygen atoms in total. The van der Waals surface area contributed by atoms with Crippen LogP contribution in [-0.4, -0.2) is 40.3 Å². The summed E-state index contributed by atoms with van der Waals surface area (Å²) < 4.78 is 7.71. The number of hydrogen-bond acceptors (Lipinski definition) is 3. The molecule has 0 unspecified atom stereocenters. The number of carbonyl (C=O) groups is 1. The predicted octanol–water partition coefficient (Wildman–Crippen LogP) is 3.17. The van der Waals surface area contributed by atoms with E-state index in [0.717, 1.165) is 57.7 Å². The molecule has 1 saturated heterocycles. The fraction of sp³-hybridized carbons (Fsp3) is 0.800. The normalized spacial score (nSPS) is 22.4. The molecule has 0 bridgehead atoms. The molecule has 1 saturated carbocycles. The molecule has 138 valence electrons. The highest BCUT2D eigenvalue weighted by atomic mass is 16.5. The van der Waals surface area contributed by atoms with Crippen LogP contribution in [0.15, 0.2) is 0 Å². The lowest BCUT2D eigenvalue weighted by molar-refractivity contribution is -0.132. The Morgan fingerprint density at radius 2 is 1.96 bits per heavy atom. The van der Waals surface area contributed by atoms with Crippen LogP contribution in [0, 0.1) is 5.92 Å². The number of amides is 1. The number of nitrogens with zero attached hydrogens (tertiary/aromatic N) is 3. The second kappa shape index (κ2) is 7.48. The molecule has 2 fully saturated rings. The number of hydrogen-bond donors (Lipinski definition) is 0. The molecule has 3 heterocycles. The number of aromatic nitrogens is 2. The lowest BCUT2D eigenvalue weighted by atomic mass is 9.90. The Morgan fingerprint density at radius 3 is 2.72 bits per heavy atom.